The molecule has 0 atom stereocenters. The Kier molecular flexibility index (Phi) is 7.50. The first-order valence-corrected chi connectivity index (χ1v) is 7.62. The number of ether oxygens (including phenoxy) is 2. The van der Waals surface area contributed by atoms with Crippen LogP contribution in [-0.2, 0) is 14.3 Å². The Labute approximate surface area is 142 Å². The van der Waals surface area contributed by atoms with Gasteiger partial charge in [0.15, 0.2) is 13.2 Å². The molecule has 0 aliphatic heterocycles. The van der Waals surface area contributed by atoms with Crippen molar-refractivity contribution in [1.29, 1.82) is 5.26 Å². The van der Waals surface area contributed by atoms with Gasteiger partial charge in [-0.2, -0.15) is 5.26 Å². The first-order valence-electron chi connectivity index (χ1n) is 7.62. The standard InChI is InChI=1S/C18H22N2O4/c1-4-18(2,3)20-16(21)13-24-17(22)10-7-14-5-8-15(9-6-14)23-12-11-19/h5-10H,4,12-13H2,1-3H3,(H,20,21)/b10-7+. The molecule has 1 N–H and O–H groups in total. The van der Waals surface area contributed by atoms with Crippen molar-refractivity contribution < 1.29 is 19.1 Å². The van der Waals surface area contributed by atoms with Gasteiger partial charge >= 0.3 is 5.97 Å². The maximum atomic E-state index is 11.7. The Bertz CT molecular complexity index is 627. The van der Waals surface area contributed by atoms with Gasteiger partial charge in [-0.3, -0.25) is 4.79 Å². The fourth-order valence-corrected chi connectivity index (χ4v) is 1.64. The van der Waals surface area contributed by atoms with Gasteiger partial charge in [-0.05, 0) is 44.0 Å². The summed E-state index contributed by atoms with van der Waals surface area (Å²) in [6, 6.07) is 8.76. The number of hydrogen-bond acceptors (Lipinski definition) is 5. The van der Waals surface area contributed by atoms with E-state index in [4.69, 9.17) is 14.7 Å². The zero-order valence-electron chi connectivity index (χ0n) is 14.2. The van der Waals surface area contributed by atoms with Crippen LogP contribution in [0, 0.1) is 11.3 Å². The van der Waals surface area contributed by atoms with E-state index in [-0.39, 0.29) is 24.7 Å². The lowest BCUT2D eigenvalue weighted by Gasteiger charge is -2.24. The minimum Gasteiger partial charge on any atom is -0.479 e. The zero-order chi connectivity index (χ0) is 18.0. The molecule has 0 heterocycles. The van der Waals surface area contributed by atoms with Crippen LogP contribution in [-0.4, -0.2) is 30.6 Å². The van der Waals surface area contributed by atoms with Gasteiger partial charge in [0.05, 0.1) is 0 Å². The second-order valence-electron chi connectivity index (χ2n) is 5.74. The maximum Gasteiger partial charge on any atom is 0.331 e. The van der Waals surface area contributed by atoms with Gasteiger partial charge in [0.2, 0.25) is 0 Å². The van der Waals surface area contributed by atoms with E-state index in [2.05, 4.69) is 5.32 Å². The Morgan fingerprint density at radius 2 is 1.96 bits per heavy atom. The average molecular weight is 330 g/mol. The molecule has 0 spiro atoms. The molecule has 1 amide bonds. The number of carbonyl (C=O) groups is 2. The van der Waals surface area contributed by atoms with Gasteiger partial charge in [-0.25, -0.2) is 4.79 Å². The molecule has 0 unspecified atom stereocenters. The summed E-state index contributed by atoms with van der Waals surface area (Å²) in [4.78, 5) is 23.3. The molecule has 0 saturated heterocycles. The monoisotopic (exact) mass is 330 g/mol. The number of nitrogens with zero attached hydrogens (tertiary/aromatic N) is 1. The van der Waals surface area contributed by atoms with Crippen LogP contribution in [0.25, 0.3) is 6.08 Å². The number of hydrogen-bond donors (Lipinski definition) is 1. The van der Waals surface area contributed by atoms with Crippen LogP contribution >= 0.6 is 0 Å². The Morgan fingerprint density at radius 3 is 2.54 bits per heavy atom. The summed E-state index contributed by atoms with van der Waals surface area (Å²) in [5, 5.41) is 11.2. The van der Waals surface area contributed by atoms with E-state index in [0.717, 1.165) is 12.0 Å². The number of rotatable bonds is 8. The van der Waals surface area contributed by atoms with Crippen molar-refractivity contribution in [2.24, 2.45) is 0 Å². The van der Waals surface area contributed by atoms with Gasteiger partial charge in [0.1, 0.15) is 11.8 Å². The minimum atomic E-state index is -0.593. The topological polar surface area (TPSA) is 88.4 Å². The van der Waals surface area contributed by atoms with Crippen LogP contribution in [0.2, 0.25) is 0 Å². The summed E-state index contributed by atoms with van der Waals surface area (Å²) >= 11 is 0. The molecule has 0 radical (unpaired) electrons. The highest BCUT2D eigenvalue weighted by molar-refractivity contribution is 5.89. The second-order valence-corrected chi connectivity index (χ2v) is 5.74. The van der Waals surface area contributed by atoms with Crippen LogP contribution < -0.4 is 10.1 Å². The predicted molar refractivity (Wildman–Crippen MR) is 90.1 cm³/mol. The van der Waals surface area contributed by atoms with Crippen LogP contribution in [0.3, 0.4) is 0 Å². The van der Waals surface area contributed by atoms with Crippen LogP contribution in [0.15, 0.2) is 30.3 Å². The summed E-state index contributed by atoms with van der Waals surface area (Å²) in [6.45, 7) is 5.44. The highest BCUT2D eigenvalue weighted by atomic mass is 16.5. The number of benzene rings is 1. The third-order valence-electron chi connectivity index (χ3n) is 3.30. The lowest BCUT2D eigenvalue weighted by atomic mass is 10.0. The van der Waals surface area contributed by atoms with E-state index in [1.165, 1.54) is 6.08 Å². The molecule has 0 aromatic heterocycles. The van der Waals surface area contributed by atoms with E-state index in [9.17, 15) is 9.59 Å². The normalized spacial score (nSPS) is 10.9. The molecular formula is C18H22N2O4. The smallest absolute Gasteiger partial charge is 0.331 e. The minimum absolute atomic E-state index is 0.0155. The van der Waals surface area contributed by atoms with Crippen molar-refractivity contribution in [1.82, 2.24) is 5.32 Å². The highest BCUT2D eigenvalue weighted by Crippen LogP contribution is 2.13. The molecular weight excluding hydrogens is 308 g/mol. The Morgan fingerprint density at radius 1 is 1.29 bits per heavy atom. The van der Waals surface area contributed by atoms with E-state index in [0.29, 0.717) is 5.75 Å². The van der Waals surface area contributed by atoms with Crippen molar-refractivity contribution >= 4 is 18.0 Å². The molecule has 0 bridgehead atoms. The number of nitriles is 1. The van der Waals surface area contributed by atoms with Crippen LogP contribution in [0.5, 0.6) is 5.75 Å². The van der Waals surface area contributed by atoms with Crippen molar-refractivity contribution in [2.75, 3.05) is 13.2 Å². The average Bonchev–Trinajstić information content (AvgIpc) is 2.57. The summed E-state index contributed by atoms with van der Waals surface area (Å²) in [5.41, 5.74) is 0.446. The molecule has 0 aliphatic carbocycles. The molecule has 24 heavy (non-hydrogen) atoms. The van der Waals surface area contributed by atoms with Gasteiger partial charge in [-0.15, -0.1) is 0 Å². The fraction of sp³-hybridized carbons (Fsp3) is 0.389. The van der Waals surface area contributed by atoms with Gasteiger partial charge < -0.3 is 14.8 Å². The largest absolute Gasteiger partial charge is 0.479 e. The Hall–Kier alpha value is -2.81. The molecule has 0 saturated carbocycles. The summed E-state index contributed by atoms with van der Waals surface area (Å²) in [7, 11) is 0. The first-order chi connectivity index (χ1) is 11.4. The lowest BCUT2D eigenvalue weighted by Crippen LogP contribution is -2.44. The quantitative estimate of drug-likeness (QED) is 0.584. The summed E-state index contributed by atoms with van der Waals surface area (Å²) < 4.78 is 10.0. The van der Waals surface area contributed by atoms with Crippen molar-refractivity contribution in [3.05, 3.63) is 35.9 Å². The fourth-order valence-electron chi connectivity index (χ4n) is 1.64. The second kappa shape index (κ2) is 9.36. The number of nitrogens with one attached hydrogen (secondary N) is 1. The molecule has 1 aromatic carbocycles. The van der Waals surface area contributed by atoms with Gasteiger partial charge in [0, 0.05) is 11.6 Å². The van der Waals surface area contributed by atoms with E-state index in [1.807, 2.05) is 26.8 Å². The number of amides is 1. The van der Waals surface area contributed by atoms with E-state index < -0.39 is 5.97 Å². The summed E-state index contributed by atoms with van der Waals surface area (Å²) in [5.74, 6) is -0.349. The molecule has 1 aromatic rings. The van der Waals surface area contributed by atoms with Crippen molar-refractivity contribution in [2.45, 2.75) is 32.7 Å². The first kappa shape index (κ1) is 19.2. The molecule has 0 fully saturated rings. The third-order valence-corrected chi connectivity index (χ3v) is 3.30. The molecule has 1 rings (SSSR count). The van der Waals surface area contributed by atoms with Crippen molar-refractivity contribution in [3.8, 4) is 11.8 Å². The SMILES string of the molecule is CCC(C)(C)NC(=O)COC(=O)/C=C/c1ccc(OCC#N)cc1. The predicted octanol–water partition coefficient (Wildman–Crippen LogP) is 2.45. The zero-order valence-corrected chi connectivity index (χ0v) is 14.2. The van der Waals surface area contributed by atoms with E-state index >= 15 is 0 Å². The summed E-state index contributed by atoms with van der Waals surface area (Å²) in [6.07, 6.45) is 3.61. The lowest BCUT2D eigenvalue weighted by molar-refractivity contribution is -0.144. The third kappa shape index (κ3) is 7.45. The van der Waals surface area contributed by atoms with Crippen LogP contribution in [0.1, 0.15) is 32.8 Å². The van der Waals surface area contributed by atoms with Crippen LogP contribution in [0.4, 0.5) is 0 Å². The highest BCUT2D eigenvalue weighted by Gasteiger charge is 2.18. The number of esters is 1. The van der Waals surface area contributed by atoms with Gasteiger partial charge in [0.25, 0.3) is 5.91 Å². The molecule has 0 aliphatic rings. The molecule has 6 heteroatoms. The van der Waals surface area contributed by atoms with Crippen molar-refractivity contribution in [3.63, 3.8) is 0 Å². The Balaban J connectivity index is 2.43. The maximum absolute atomic E-state index is 11.7. The van der Waals surface area contributed by atoms with E-state index in [1.54, 1.807) is 30.3 Å². The molecule has 6 nitrogen and oxygen atoms in total. The van der Waals surface area contributed by atoms with Gasteiger partial charge in [-0.1, -0.05) is 19.1 Å². The number of carbonyl (C=O) groups excluding carboxylic acids is 2. The molecule has 128 valence electrons.